The summed E-state index contributed by atoms with van der Waals surface area (Å²) in [6.07, 6.45) is 9.44. The number of fused-ring (bicyclic) bond motifs is 1. The lowest BCUT2D eigenvalue weighted by atomic mass is 10.3. The van der Waals surface area contributed by atoms with Crippen molar-refractivity contribution < 1.29 is 0 Å². The first-order valence-corrected chi connectivity index (χ1v) is 6.01. The van der Waals surface area contributed by atoms with Gasteiger partial charge in [0.05, 0.1) is 5.69 Å². The Bertz CT molecular complexity index is 413. The van der Waals surface area contributed by atoms with Crippen molar-refractivity contribution in [1.29, 1.82) is 0 Å². The molecule has 80 valence electrons. The lowest BCUT2D eigenvalue weighted by Gasteiger charge is -1.98. The molecule has 0 aromatic carbocycles. The average Bonchev–Trinajstić information content (AvgIpc) is 2.77. The normalized spacial score (nSPS) is 11.8. The van der Waals surface area contributed by atoms with Crippen LogP contribution in [0.5, 0.6) is 0 Å². The van der Waals surface area contributed by atoms with Gasteiger partial charge in [-0.1, -0.05) is 12.2 Å². The number of thiazole rings is 1. The molecule has 0 radical (unpaired) electrons. The Labute approximate surface area is 93.5 Å². The molecule has 0 fully saturated rings. The molecule has 2 rings (SSSR count). The lowest BCUT2D eigenvalue weighted by molar-refractivity contribution is 0.685. The molecule has 2 heterocycles. The summed E-state index contributed by atoms with van der Waals surface area (Å²) in [5, 5.41) is 5.41. The van der Waals surface area contributed by atoms with Gasteiger partial charge in [-0.25, -0.2) is 4.98 Å². The molecule has 2 aromatic rings. The minimum absolute atomic E-state index is 0.853. The second-order valence-electron chi connectivity index (χ2n) is 3.36. The van der Waals surface area contributed by atoms with E-state index in [0.717, 1.165) is 30.2 Å². The van der Waals surface area contributed by atoms with Gasteiger partial charge in [-0.05, 0) is 19.9 Å². The molecule has 3 nitrogen and oxygen atoms in total. The maximum absolute atomic E-state index is 4.49. The molecular weight excluding hydrogens is 206 g/mol. The molecule has 0 saturated heterocycles. The van der Waals surface area contributed by atoms with Gasteiger partial charge < -0.3 is 5.32 Å². The molecule has 0 saturated carbocycles. The van der Waals surface area contributed by atoms with Gasteiger partial charge in [0.1, 0.15) is 0 Å². The number of nitrogens with one attached hydrogen (secondary N) is 1. The fraction of sp³-hybridized carbons (Fsp3) is 0.364. The third-order valence-electron chi connectivity index (χ3n) is 2.17. The minimum atomic E-state index is 0.853. The molecule has 0 aliphatic heterocycles. The SMILES string of the molecule is C/C=C/CCNCc1cn2ccsc2n1. The standard InChI is InChI=1S/C11H15N3S/c1-2-3-4-5-12-8-10-9-14-6-7-15-11(14)13-10/h2-3,6-7,9,12H,4-5,8H2,1H3/b3-2+. The Kier molecular flexibility index (Phi) is 3.53. The fourth-order valence-corrected chi connectivity index (χ4v) is 2.15. The van der Waals surface area contributed by atoms with Gasteiger partial charge in [0.15, 0.2) is 4.96 Å². The van der Waals surface area contributed by atoms with Crippen LogP contribution in [0.3, 0.4) is 0 Å². The smallest absolute Gasteiger partial charge is 0.193 e. The van der Waals surface area contributed by atoms with Gasteiger partial charge in [-0.15, -0.1) is 11.3 Å². The highest BCUT2D eigenvalue weighted by atomic mass is 32.1. The van der Waals surface area contributed by atoms with E-state index in [1.807, 2.05) is 18.5 Å². The van der Waals surface area contributed by atoms with Crippen LogP contribution in [0, 0.1) is 0 Å². The molecule has 2 aromatic heterocycles. The largest absolute Gasteiger partial charge is 0.311 e. The zero-order valence-electron chi connectivity index (χ0n) is 8.81. The average molecular weight is 221 g/mol. The first kappa shape index (κ1) is 10.4. The van der Waals surface area contributed by atoms with Crippen molar-refractivity contribution in [3.8, 4) is 0 Å². The molecule has 0 aliphatic carbocycles. The summed E-state index contributed by atoms with van der Waals surface area (Å²) in [4.78, 5) is 5.56. The van der Waals surface area contributed by atoms with Gasteiger partial charge >= 0.3 is 0 Å². The van der Waals surface area contributed by atoms with Crippen molar-refractivity contribution in [2.24, 2.45) is 0 Å². The van der Waals surface area contributed by atoms with Gasteiger partial charge in [0, 0.05) is 24.3 Å². The molecule has 0 spiro atoms. The zero-order chi connectivity index (χ0) is 10.5. The van der Waals surface area contributed by atoms with Crippen molar-refractivity contribution in [3.05, 3.63) is 35.6 Å². The number of aromatic nitrogens is 2. The maximum Gasteiger partial charge on any atom is 0.193 e. The molecule has 0 aliphatic rings. The summed E-state index contributed by atoms with van der Waals surface area (Å²) in [6, 6.07) is 0. The molecule has 15 heavy (non-hydrogen) atoms. The van der Waals surface area contributed by atoms with E-state index in [4.69, 9.17) is 0 Å². The van der Waals surface area contributed by atoms with Crippen molar-refractivity contribution >= 4 is 16.3 Å². The van der Waals surface area contributed by atoms with E-state index in [2.05, 4.69) is 33.1 Å². The first-order valence-electron chi connectivity index (χ1n) is 5.13. The van der Waals surface area contributed by atoms with Gasteiger partial charge in [0.2, 0.25) is 0 Å². The second kappa shape index (κ2) is 5.09. The van der Waals surface area contributed by atoms with Crippen LogP contribution in [0.15, 0.2) is 29.9 Å². The van der Waals surface area contributed by atoms with Crippen LogP contribution in [-0.2, 0) is 6.54 Å². The Hall–Kier alpha value is -1.13. The molecule has 0 unspecified atom stereocenters. The van der Waals surface area contributed by atoms with Crippen LogP contribution in [0.2, 0.25) is 0 Å². The van der Waals surface area contributed by atoms with E-state index >= 15 is 0 Å². The third-order valence-corrected chi connectivity index (χ3v) is 2.94. The van der Waals surface area contributed by atoms with E-state index in [0.29, 0.717) is 0 Å². The summed E-state index contributed by atoms with van der Waals surface area (Å²) >= 11 is 1.67. The highest BCUT2D eigenvalue weighted by Crippen LogP contribution is 2.10. The topological polar surface area (TPSA) is 29.3 Å². The summed E-state index contributed by atoms with van der Waals surface area (Å²) in [5.41, 5.74) is 1.11. The van der Waals surface area contributed by atoms with Crippen LogP contribution in [0.1, 0.15) is 19.0 Å². The van der Waals surface area contributed by atoms with Gasteiger partial charge in [0.25, 0.3) is 0 Å². The molecular formula is C11H15N3S. The lowest BCUT2D eigenvalue weighted by Crippen LogP contribution is -2.14. The van der Waals surface area contributed by atoms with Crippen LogP contribution in [-0.4, -0.2) is 15.9 Å². The zero-order valence-corrected chi connectivity index (χ0v) is 9.63. The second-order valence-corrected chi connectivity index (χ2v) is 4.23. The van der Waals surface area contributed by atoms with Crippen LogP contribution in [0.25, 0.3) is 4.96 Å². The number of imidazole rings is 1. The van der Waals surface area contributed by atoms with E-state index in [9.17, 15) is 0 Å². The summed E-state index contributed by atoms with van der Waals surface area (Å²) in [6.45, 7) is 3.91. The highest BCUT2D eigenvalue weighted by Gasteiger charge is 2.00. The number of nitrogens with zero attached hydrogens (tertiary/aromatic N) is 2. The van der Waals surface area contributed by atoms with Crippen LogP contribution < -0.4 is 5.32 Å². The van der Waals surface area contributed by atoms with Crippen molar-refractivity contribution in [1.82, 2.24) is 14.7 Å². The predicted octanol–water partition coefficient (Wildman–Crippen LogP) is 2.45. The van der Waals surface area contributed by atoms with Crippen molar-refractivity contribution in [3.63, 3.8) is 0 Å². The fourth-order valence-electron chi connectivity index (χ4n) is 1.43. The Morgan fingerprint density at radius 3 is 3.33 bits per heavy atom. The molecule has 0 atom stereocenters. The minimum Gasteiger partial charge on any atom is -0.311 e. The molecule has 0 bridgehead atoms. The van der Waals surface area contributed by atoms with E-state index < -0.39 is 0 Å². The van der Waals surface area contributed by atoms with Gasteiger partial charge in [-0.3, -0.25) is 4.40 Å². The van der Waals surface area contributed by atoms with Crippen LogP contribution in [0.4, 0.5) is 0 Å². The Morgan fingerprint density at radius 1 is 1.60 bits per heavy atom. The molecule has 4 heteroatoms. The summed E-state index contributed by atoms with van der Waals surface area (Å²) < 4.78 is 2.06. The van der Waals surface area contributed by atoms with E-state index in [1.165, 1.54) is 0 Å². The van der Waals surface area contributed by atoms with E-state index in [-0.39, 0.29) is 0 Å². The highest BCUT2D eigenvalue weighted by molar-refractivity contribution is 7.15. The third kappa shape index (κ3) is 2.67. The Morgan fingerprint density at radius 2 is 2.53 bits per heavy atom. The number of hydrogen-bond acceptors (Lipinski definition) is 3. The Balaban J connectivity index is 1.82. The predicted molar refractivity (Wildman–Crippen MR) is 64.2 cm³/mol. The summed E-state index contributed by atoms with van der Waals surface area (Å²) in [5.74, 6) is 0. The van der Waals surface area contributed by atoms with Crippen molar-refractivity contribution in [2.45, 2.75) is 19.9 Å². The summed E-state index contributed by atoms with van der Waals surface area (Å²) in [7, 11) is 0. The van der Waals surface area contributed by atoms with Crippen molar-refractivity contribution in [2.75, 3.05) is 6.54 Å². The number of allylic oxidation sites excluding steroid dienone is 1. The first-order chi connectivity index (χ1) is 7.40. The van der Waals surface area contributed by atoms with Crippen LogP contribution >= 0.6 is 11.3 Å². The van der Waals surface area contributed by atoms with E-state index in [1.54, 1.807) is 11.3 Å². The monoisotopic (exact) mass is 221 g/mol. The maximum atomic E-state index is 4.49. The van der Waals surface area contributed by atoms with Gasteiger partial charge in [-0.2, -0.15) is 0 Å². The number of hydrogen-bond donors (Lipinski definition) is 1. The number of rotatable bonds is 5. The molecule has 0 amide bonds. The molecule has 1 N–H and O–H groups in total. The quantitative estimate of drug-likeness (QED) is 0.620.